The number of alkyl halides is 3. The highest BCUT2D eigenvalue weighted by Crippen LogP contribution is 2.54. The lowest BCUT2D eigenvalue weighted by Gasteiger charge is -2.30. The highest BCUT2D eigenvalue weighted by Gasteiger charge is 2.56. The van der Waals surface area contributed by atoms with E-state index >= 15 is 0 Å². The zero-order chi connectivity index (χ0) is 30.5. The molecule has 14 heteroatoms. The maximum atomic E-state index is 13.8. The van der Waals surface area contributed by atoms with Crippen molar-refractivity contribution in [1.82, 2.24) is 4.98 Å². The number of fused-ring (bicyclic) bond motifs is 2. The highest BCUT2D eigenvalue weighted by molar-refractivity contribution is 8.00. The first kappa shape index (κ1) is 28.7. The number of para-hydroxylation sites is 1. The van der Waals surface area contributed by atoms with Crippen molar-refractivity contribution in [3.05, 3.63) is 104 Å². The van der Waals surface area contributed by atoms with Crippen molar-refractivity contribution >= 4 is 52.2 Å². The van der Waals surface area contributed by atoms with E-state index in [0.29, 0.717) is 15.5 Å². The van der Waals surface area contributed by atoms with Crippen LogP contribution in [0.15, 0.2) is 82.6 Å². The zero-order valence-electron chi connectivity index (χ0n) is 21.7. The molecule has 0 bridgehead atoms. The van der Waals surface area contributed by atoms with Gasteiger partial charge in [-0.2, -0.15) is 13.2 Å². The van der Waals surface area contributed by atoms with E-state index in [1.807, 2.05) is 0 Å². The van der Waals surface area contributed by atoms with Crippen LogP contribution in [0.25, 0.3) is 0 Å². The molecule has 1 aromatic heterocycles. The first-order valence-electron chi connectivity index (χ1n) is 12.7. The lowest BCUT2D eigenvalue weighted by molar-refractivity contribution is -0.137. The van der Waals surface area contributed by atoms with Crippen LogP contribution < -0.4 is 19.8 Å². The number of rotatable bonds is 6. The second-order valence-electron chi connectivity index (χ2n) is 9.69. The summed E-state index contributed by atoms with van der Waals surface area (Å²) in [5.41, 5.74) is -0.351. The summed E-state index contributed by atoms with van der Waals surface area (Å²) in [6.45, 7) is -0.576. The van der Waals surface area contributed by atoms with Gasteiger partial charge in [-0.1, -0.05) is 47.4 Å². The average molecular weight is 630 g/mol. The van der Waals surface area contributed by atoms with E-state index in [2.05, 4.69) is 10.3 Å². The van der Waals surface area contributed by atoms with Gasteiger partial charge in [0.1, 0.15) is 16.8 Å². The van der Waals surface area contributed by atoms with Gasteiger partial charge in [0.05, 0.1) is 22.2 Å². The van der Waals surface area contributed by atoms with Crippen LogP contribution in [0.2, 0.25) is 0 Å². The van der Waals surface area contributed by atoms with E-state index in [1.165, 1.54) is 24.3 Å². The van der Waals surface area contributed by atoms with Crippen molar-refractivity contribution < 1.29 is 36.7 Å². The van der Waals surface area contributed by atoms with Crippen molar-refractivity contribution in [2.75, 3.05) is 16.8 Å². The maximum Gasteiger partial charge on any atom is 0.416 e. The van der Waals surface area contributed by atoms with Gasteiger partial charge in [0.2, 0.25) is 11.8 Å². The molecule has 8 nitrogen and oxygen atoms in total. The second kappa shape index (κ2) is 11.0. The number of hydrogen-bond acceptors (Lipinski definition) is 7. The van der Waals surface area contributed by atoms with Gasteiger partial charge in [-0.25, -0.2) is 9.29 Å². The number of benzene rings is 3. The molecule has 3 amide bonds. The Morgan fingerprint density at radius 2 is 1.72 bits per heavy atom. The van der Waals surface area contributed by atoms with Crippen LogP contribution in [-0.4, -0.2) is 34.6 Å². The number of carbonyl (C=O) groups excluding carboxylic acids is 3. The molecular formula is C29H19F4N3O5S2. The number of imide groups is 1. The molecule has 3 atom stereocenters. The molecular weight excluding hydrogens is 610 g/mol. The van der Waals surface area contributed by atoms with E-state index < -0.39 is 59.0 Å². The van der Waals surface area contributed by atoms with Crippen LogP contribution in [0.1, 0.15) is 21.9 Å². The first-order chi connectivity index (χ1) is 20.5. The molecule has 1 fully saturated rings. The molecule has 0 spiro atoms. The minimum Gasteiger partial charge on any atom is -0.483 e. The van der Waals surface area contributed by atoms with E-state index in [1.54, 1.807) is 24.3 Å². The quantitative estimate of drug-likeness (QED) is 0.218. The third-order valence-corrected chi connectivity index (χ3v) is 9.40. The van der Waals surface area contributed by atoms with Crippen molar-refractivity contribution in [2.45, 2.75) is 22.4 Å². The summed E-state index contributed by atoms with van der Waals surface area (Å²) in [5, 5.41) is 1.90. The lowest BCUT2D eigenvalue weighted by Crippen LogP contribution is -2.32. The number of halogens is 4. The summed E-state index contributed by atoms with van der Waals surface area (Å²) in [7, 11) is 0. The Morgan fingerprint density at radius 1 is 0.977 bits per heavy atom. The molecule has 1 saturated heterocycles. The summed E-state index contributed by atoms with van der Waals surface area (Å²) >= 11 is 1.96. The molecule has 43 heavy (non-hydrogen) atoms. The molecule has 220 valence electrons. The number of thioether (sulfide) groups is 1. The van der Waals surface area contributed by atoms with E-state index in [0.717, 1.165) is 52.3 Å². The molecule has 0 saturated carbocycles. The van der Waals surface area contributed by atoms with Gasteiger partial charge in [0, 0.05) is 22.0 Å². The maximum absolute atomic E-state index is 13.8. The Kier molecular flexibility index (Phi) is 7.34. The number of nitrogens with one attached hydrogen (secondary N) is 2. The molecule has 3 heterocycles. The number of H-pyrrole nitrogens is 1. The zero-order valence-corrected chi connectivity index (χ0v) is 23.3. The third-order valence-electron chi connectivity index (χ3n) is 7.00. The van der Waals surface area contributed by atoms with Gasteiger partial charge < -0.3 is 15.0 Å². The molecule has 2 aliphatic rings. The van der Waals surface area contributed by atoms with Crippen LogP contribution in [0, 0.1) is 11.7 Å². The van der Waals surface area contributed by atoms with Crippen molar-refractivity contribution in [3.63, 3.8) is 0 Å². The van der Waals surface area contributed by atoms with Crippen molar-refractivity contribution in [2.24, 2.45) is 5.92 Å². The second-order valence-corrected chi connectivity index (χ2v) is 11.9. The van der Waals surface area contributed by atoms with Gasteiger partial charge >= 0.3 is 11.0 Å². The fourth-order valence-electron chi connectivity index (χ4n) is 5.18. The van der Waals surface area contributed by atoms with E-state index in [-0.39, 0.29) is 22.0 Å². The summed E-state index contributed by atoms with van der Waals surface area (Å²) < 4.78 is 58.6. The molecule has 0 aliphatic carbocycles. The number of thiazole rings is 1. The van der Waals surface area contributed by atoms with E-state index in [4.69, 9.17) is 4.74 Å². The summed E-state index contributed by atoms with van der Waals surface area (Å²) in [6.07, 6.45) is -4.58. The fraction of sp³-hybridized carbons (Fsp3) is 0.172. The molecule has 6 rings (SSSR count). The normalized spacial score (nSPS) is 19.6. The minimum atomic E-state index is -4.58. The monoisotopic (exact) mass is 629 g/mol. The number of nitrogens with zero attached hydrogens (tertiary/aromatic N) is 1. The molecule has 0 unspecified atom stereocenters. The Hall–Kier alpha value is -4.43. The first-order valence-corrected chi connectivity index (χ1v) is 14.4. The number of carbonyl (C=O) groups is 3. The van der Waals surface area contributed by atoms with Gasteiger partial charge in [0.15, 0.2) is 6.61 Å². The van der Waals surface area contributed by atoms with Gasteiger partial charge in [-0.05, 0) is 48.5 Å². The Bertz CT molecular complexity index is 1800. The van der Waals surface area contributed by atoms with Gasteiger partial charge in [-0.15, -0.1) is 0 Å². The Balaban J connectivity index is 1.30. The fourth-order valence-corrected chi connectivity index (χ4v) is 7.69. The number of anilines is 2. The molecule has 0 radical (unpaired) electrons. The predicted octanol–water partition coefficient (Wildman–Crippen LogP) is 5.41. The van der Waals surface area contributed by atoms with Crippen molar-refractivity contribution in [1.29, 1.82) is 0 Å². The van der Waals surface area contributed by atoms with Crippen LogP contribution in [0.4, 0.5) is 28.9 Å². The SMILES string of the molecule is O=C(COc1ccccc1[C@@H]1c2sc(=O)[nH]c2S[C@H]2C(=O)N(c3ccc(F)cc3)C(=O)[C@@H]12)Nc1cccc(C(F)(F)F)c1. The van der Waals surface area contributed by atoms with Gasteiger partial charge in [0.25, 0.3) is 5.91 Å². The number of aromatic amines is 1. The predicted molar refractivity (Wildman–Crippen MR) is 151 cm³/mol. The lowest BCUT2D eigenvalue weighted by atomic mass is 9.82. The topological polar surface area (TPSA) is 109 Å². The molecule has 2 aliphatic heterocycles. The third kappa shape index (κ3) is 5.43. The standard InChI is InChI=1S/C29H19F4N3O5S2/c30-15-8-10-17(11-9-15)36-26(38)22-21(23-25(35-28(40)43-23)42-24(22)27(36)39)18-6-1-2-7-19(18)41-13-20(37)34-16-5-3-4-14(12-16)29(31,32)33/h1-12,21-22,24H,13H2,(H,34,37)(H,35,40)/t21-,22-,24+/m0/s1. The van der Waals surface area contributed by atoms with Crippen LogP contribution in [-0.2, 0) is 20.6 Å². The molecule has 3 aromatic carbocycles. The largest absolute Gasteiger partial charge is 0.483 e. The van der Waals surface area contributed by atoms with Crippen molar-refractivity contribution in [3.8, 4) is 5.75 Å². The Labute approximate surface area is 248 Å². The van der Waals surface area contributed by atoms with Crippen LogP contribution >= 0.6 is 23.1 Å². The smallest absolute Gasteiger partial charge is 0.416 e. The number of hydrogen-bond donors (Lipinski definition) is 2. The highest BCUT2D eigenvalue weighted by atomic mass is 32.2. The number of aromatic nitrogens is 1. The molecule has 2 N–H and O–H groups in total. The summed E-state index contributed by atoms with van der Waals surface area (Å²) in [5.74, 6) is -3.90. The average Bonchev–Trinajstić information content (AvgIpc) is 3.46. The van der Waals surface area contributed by atoms with Crippen LogP contribution in [0.5, 0.6) is 5.75 Å². The number of amides is 3. The minimum absolute atomic E-state index is 0.0680. The number of ether oxygens (including phenoxy) is 1. The summed E-state index contributed by atoms with van der Waals surface area (Å²) in [4.78, 5) is 56.3. The van der Waals surface area contributed by atoms with Crippen LogP contribution in [0.3, 0.4) is 0 Å². The summed E-state index contributed by atoms with van der Waals surface area (Å²) in [6, 6.07) is 15.6. The Morgan fingerprint density at radius 3 is 2.47 bits per heavy atom. The van der Waals surface area contributed by atoms with Gasteiger partial charge in [-0.3, -0.25) is 19.2 Å². The molecule has 4 aromatic rings. The van der Waals surface area contributed by atoms with E-state index in [9.17, 15) is 36.7 Å².